The van der Waals surface area contributed by atoms with E-state index >= 15 is 26.3 Å². The summed E-state index contributed by atoms with van der Waals surface area (Å²) in [6.07, 6.45) is -6.18. The van der Waals surface area contributed by atoms with Crippen LogP contribution < -0.4 is 16.4 Å². The third-order valence-electron chi connectivity index (χ3n) is 7.45. The van der Waals surface area contributed by atoms with Gasteiger partial charge in [-0.2, -0.15) is 0 Å². The van der Waals surface area contributed by atoms with Gasteiger partial charge in [-0.1, -0.05) is 42.4 Å². The molecule has 0 saturated heterocycles. The second-order valence-electron chi connectivity index (χ2n) is 10.0. The molecular formula is C30H14BF15NO2-. The van der Waals surface area contributed by atoms with Crippen LogP contribution >= 0.6 is 0 Å². The molecule has 260 valence electrons. The van der Waals surface area contributed by atoms with Crippen LogP contribution in [0.25, 0.3) is 0 Å². The molecule has 0 fully saturated rings. The molecule has 0 aromatic heterocycles. The molecule has 4 rings (SSSR count). The van der Waals surface area contributed by atoms with E-state index in [1.54, 1.807) is 13.8 Å². The Kier molecular flexibility index (Phi) is 10.2. The minimum absolute atomic E-state index is 0.174. The van der Waals surface area contributed by atoms with Gasteiger partial charge in [0, 0.05) is 5.71 Å². The topological polar surface area (TPSA) is 38.7 Å². The Morgan fingerprint density at radius 3 is 1.10 bits per heavy atom. The zero-order valence-electron chi connectivity index (χ0n) is 24.2. The van der Waals surface area contributed by atoms with Gasteiger partial charge in [-0.25, -0.2) is 65.9 Å². The molecule has 4 aromatic rings. The predicted molar refractivity (Wildman–Crippen MR) is 143 cm³/mol. The van der Waals surface area contributed by atoms with Gasteiger partial charge in [0.05, 0.1) is 11.3 Å². The maximum Gasteiger partial charge on any atom is 0.293 e. The van der Waals surface area contributed by atoms with Gasteiger partial charge < -0.3 is 4.65 Å². The second kappa shape index (κ2) is 13.5. The number of hydrogen-bond donors (Lipinski definition) is 0. The molecule has 0 bridgehead atoms. The van der Waals surface area contributed by atoms with Gasteiger partial charge in [-0.3, -0.25) is 9.79 Å². The van der Waals surface area contributed by atoms with E-state index in [-0.39, 0.29) is 18.6 Å². The normalized spacial score (nSPS) is 11.6. The molecule has 4 aromatic carbocycles. The zero-order valence-corrected chi connectivity index (χ0v) is 24.2. The van der Waals surface area contributed by atoms with Crippen molar-refractivity contribution >= 4 is 40.1 Å². The van der Waals surface area contributed by atoms with E-state index in [4.69, 9.17) is 4.65 Å². The average molecular weight is 716 g/mol. The minimum atomic E-state index is -6.53. The molecule has 0 unspecified atom stereocenters. The summed E-state index contributed by atoms with van der Waals surface area (Å²) in [6, 6.07) is 3.83. The van der Waals surface area contributed by atoms with E-state index in [9.17, 15) is 44.3 Å². The Balaban J connectivity index is 2.40. The van der Waals surface area contributed by atoms with Gasteiger partial charge in [0.25, 0.3) is 12.3 Å². The van der Waals surface area contributed by atoms with Crippen LogP contribution in [0, 0.1) is 87.3 Å². The molecule has 0 amide bonds. The molecule has 0 spiro atoms. The Morgan fingerprint density at radius 2 is 0.796 bits per heavy atom. The predicted octanol–water partition coefficient (Wildman–Crippen LogP) is 7.49. The van der Waals surface area contributed by atoms with E-state index in [1.807, 2.05) is 0 Å². The number of carbonyl (C=O) groups is 1. The zero-order chi connectivity index (χ0) is 36.9. The first-order valence-electron chi connectivity index (χ1n) is 13.5. The fraction of sp³-hybridized carbons (Fsp3) is 0.133. The van der Waals surface area contributed by atoms with Crippen molar-refractivity contribution in [2.45, 2.75) is 26.7 Å². The highest BCUT2D eigenvalue weighted by atomic mass is 19.2. The highest BCUT2D eigenvalue weighted by Gasteiger charge is 2.51. The van der Waals surface area contributed by atoms with Crippen molar-refractivity contribution in [3.05, 3.63) is 117 Å². The molecule has 0 aliphatic carbocycles. The third-order valence-corrected chi connectivity index (χ3v) is 7.45. The highest BCUT2D eigenvalue weighted by Crippen LogP contribution is 2.30. The van der Waals surface area contributed by atoms with Crippen molar-refractivity contribution in [2.24, 2.45) is 4.99 Å². The standard InChI is InChI=1S/C30H14BF15NO2/c1-3-9(4-2)47-11-8-6-5-7-10(11)30(48)49-31(12-15(32)21(38)27(44)22(39)16(12)33,13-17(34)23(40)28(45)24(41)18(13)35)14-19(36)25(42)29(46)26(43)20(14)37/h5-8H,3-4H2,1-2H3/q-1. The number of aliphatic imine (C=N–C) groups is 1. The Bertz CT molecular complexity index is 1810. The molecule has 19 heteroatoms. The molecule has 3 nitrogen and oxygen atoms in total. The van der Waals surface area contributed by atoms with Gasteiger partial charge in [0.15, 0.2) is 52.4 Å². The van der Waals surface area contributed by atoms with Crippen molar-refractivity contribution < 1.29 is 75.3 Å². The summed E-state index contributed by atoms with van der Waals surface area (Å²) in [5, 5.41) is 0. The van der Waals surface area contributed by atoms with Gasteiger partial charge >= 0.3 is 0 Å². The summed E-state index contributed by atoms with van der Waals surface area (Å²) < 4.78 is 229. The van der Waals surface area contributed by atoms with E-state index in [2.05, 4.69) is 4.99 Å². The molecule has 0 aliphatic heterocycles. The SMILES string of the molecule is CCC(CC)=Nc1ccccc1C(=O)O[B-](c1c(F)c(F)c(F)c(F)c1F)(c1c(F)c(F)c(F)c(F)c1F)c1c(F)c(F)c(F)c(F)c1F. The van der Waals surface area contributed by atoms with E-state index in [0.29, 0.717) is 6.07 Å². The van der Waals surface area contributed by atoms with Gasteiger partial charge in [0.1, 0.15) is 34.9 Å². The lowest BCUT2D eigenvalue weighted by Crippen LogP contribution is -2.75. The summed E-state index contributed by atoms with van der Waals surface area (Å²) in [7, 11) is 0. The number of para-hydroxylation sites is 1. The van der Waals surface area contributed by atoms with Crippen LogP contribution in [0.5, 0.6) is 0 Å². The summed E-state index contributed by atoms with van der Waals surface area (Å²) in [4.78, 5) is 17.8. The molecule has 0 radical (unpaired) electrons. The average Bonchev–Trinajstić information content (AvgIpc) is 3.08. The van der Waals surface area contributed by atoms with E-state index in [0.717, 1.165) is 12.1 Å². The van der Waals surface area contributed by atoms with Gasteiger partial charge in [0.2, 0.25) is 0 Å². The van der Waals surface area contributed by atoms with Crippen LogP contribution in [0.3, 0.4) is 0 Å². The molecule has 49 heavy (non-hydrogen) atoms. The van der Waals surface area contributed by atoms with Crippen LogP contribution in [0.1, 0.15) is 37.0 Å². The van der Waals surface area contributed by atoms with Crippen molar-refractivity contribution in [1.29, 1.82) is 0 Å². The lowest BCUT2D eigenvalue weighted by atomic mass is 9.27. The largest absolute Gasteiger partial charge is 0.672 e. The third kappa shape index (κ3) is 5.67. The molecule has 0 N–H and O–H groups in total. The first-order chi connectivity index (χ1) is 22.9. The lowest BCUT2D eigenvalue weighted by Gasteiger charge is -2.44. The first-order valence-corrected chi connectivity index (χ1v) is 13.5. The Hall–Kier alpha value is -4.97. The highest BCUT2D eigenvalue weighted by molar-refractivity contribution is 7.08. The molecule has 0 atom stereocenters. The number of nitrogens with zero attached hydrogens (tertiary/aromatic N) is 1. The number of hydrogen-bond acceptors (Lipinski definition) is 3. The summed E-state index contributed by atoms with van der Waals surface area (Å²) in [5.74, 6) is -50.8. The maximum absolute atomic E-state index is 15.6. The molecule has 0 saturated carbocycles. The quantitative estimate of drug-likeness (QED) is 0.0624. The smallest absolute Gasteiger partial charge is 0.293 e. The lowest BCUT2D eigenvalue weighted by molar-refractivity contribution is 0.0731. The van der Waals surface area contributed by atoms with Crippen LogP contribution in [0.2, 0.25) is 0 Å². The van der Waals surface area contributed by atoms with Crippen molar-refractivity contribution in [2.75, 3.05) is 0 Å². The summed E-state index contributed by atoms with van der Waals surface area (Å²) in [6.45, 7) is 3.12. The van der Waals surface area contributed by atoms with Gasteiger partial charge in [-0.15, -0.1) is 0 Å². The molecule has 0 aliphatic rings. The van der Waals surface area contributed by atoms with Crippen LogP contribution in [0.4, 0.5) is 71.5 Å². The first kappa shape index (κ1) is 36.9. The van der Waals surface area contributed by atoms with Crippen LogP contribution in [-0.2, 0) is 4.65 Å². The van der Waals surface area contributed by atoms with E-state index < -0.39 is 127 Å². The van der Waals surface area contributed by atoms with Crippen LogP contribution in [-0.4, -0.2) is 18.0 Å². The number of halogens is 15. The Labute approximate surface area is 264 Å². The molecule has 0 heterocycles. The fourth-order valence-electron chi connectivity index (χ4n) is 5.09. The number of benzene rings is 4. The van der Waals surface area contributed by atoms with Crippen LogP contribution in [0.15, 0.2) is 29.3 Å². The summed E-state index contributed by atoms with van der Waals surface area (Å²) in [5.41, 5.74) is -10.5. The van der Waals surface area contributed by atoms with Gasteiger partial charge in [-0.05, 0) is 25.0 Å². The maximum atomic E-state index is 15.6. The Morgan fingerprint density at radius 1 is 0.510 bits per heavy atom. The molecular weight excluding hydrogens is 702 g/mol. The minimum Gasteiger partial charge on any atom is -0.672 e. The van der Waals surface area contributed by atoms with E-state index in [1.165, 1.54) is 6.07 Å². The monoisotopic (exact) mass is 716 g/mol. The van der Waals surface area contributed by atoms with Crippen molar-refractivity contribution in [3.63, 3.8) is 0 Å². The summed E-state index contributed by atoms with van der Waals surface area (Å²) >= 11 is 0. The second-order valence-corrected chi connectivity index (χ2v) is 10.0. The van der Waals surface area contributed by atoms with Crippen molar-refractivity contribution in [3.8, 4) is 0 Å². The number of rotatable bonds is 8. The number of carbonyl (C=O) groups excluding carboxylic acids is 1. The fourth-order valence-corrected chi connectivity index (χ4v) is 5.09. The van der Waals surface area contributed by atoms with Crippen molar-refractivity contribution in [1.82, 2.24) is 0 Å².